The highest BCUT2D eigenvalue weighted by Gasteiger charge is 2.21. The highest BCUT2D eigenvalue weighted by Crippen LogP contribution is 2.05. The van der Waals surface area contributed by atoms with Gasteiger partial charge in [-0.1, -0.05) is 6.08 Å². The van der Waals surface area contributed by atoms with Crippen LogP contribution in [0.15, 0.2) is 17.6 Å². The lowest BCUT2D eigenvalue weighted by Crippen LogP contribution is -2.51. The van der Waals surface area contributed by atoms with Crippen molar-refractivity contribution < 1.29 is 0 Å². The molecule has 5 heteroatoms. The van der Waals surface area contributed by atoms with Gasteiger partial charge < -0.3 is 15.5 Å². The van der Waals surface area contributed by atoms with Gasteiger partial charge in [-0.15, -0.1) is 6.58 Å². The Morgan fingerprint density at radius 2 is 2.17 bits per heavy atom. The van der Waals surface area contributed by atoms with Gasteiger partial charge in [-0.05, 0) is 21.0 Å². The monoisotopic (exact) mass is 253 g/mol. The van der Waals surface area contributed by atoms with Gasteiger partial charge in [0.15, 0.2) is 5.96 Å². The number of hydrogen-bond donors (Lipinski definition) is 2. The van der Waals surface area contributed by atoms with E-state index in [0.29, 0.717) is 6.04 Å². The van der Waals surface area contributed by atoms with E-state index in [9.17, 15) is 0 Å². The van der Waals surface area contributed by atoms with Crippen LogP contribution < -0.4 is 10.6 Å². The molecule has 104 valence electrons. The number of nitrogens with zero attached hydrogens (tertiary/aromatic N) is 3. The highest BCUT2D eigenvalue weighted by molar-refractivity contribution is 5.79. The van der Waals surface area contributed by atoms with Crippen molar-refractivity contribution in [2.24, 2.45) is 4.99 Å². The van der Waals surface area contributed by atoms with Gasteiger partial charge >= 0.3 is 0 Å². The Bertz CT molecular complexity index is 277. The number of aliphatic imine (C=N–C) groups is 1. The Hall–Kier alpha value is -1.07. The first-order valence-corrected chi connectivity index (χ1v) is 6.69. The van der Waals surface area contributed by atoms with Gasteiger partial charge in [0.05, 0.1) is 6.54 Å². The molecule has 1 saturated heterocycles. The maximum Gasteiger partial charge on any atom is 0.191 e. The molecule has 0 aliphatic carbocycles. The molecule has 1 fully saturated rings. The summed E-state index contributed by atoms with van der Waals surface area (Å²) in [6.07, 6.45) is 1.84. The second kappa shape index (κ2) is 8.11. The molecule has 0 aromatic heterocycles. The van der Waals surface area contributed by atoms with Gasteiger partial charge in [0, 0.05) is 38.8 Å². The molecule has 0 spiro atoms. The van der Waals surface area contributed by atoms with Crippen molar-refractivity contribution in [1.29, 1.82) is 0 Å². The van der Waals surface area contributed by atoms with E-state index in [1.54, 1.807) is 0 Å². The van der Waals surface area contributed by atoms with Crippen LogP contribution in [0.25, 0.3) is 0 Å². The topological polar surface area (TPSA) is 42.9 Å². The van der Waals surface area contributed by atoms with Gasteiger partial charge in [-0.3, -0.25) is 9.89 Å². The number of piperazine rings is 1. The predicted molar refractivity (Wildman–Crippen MR) is 78.1 cm³/mol. The summed E-state index contributed by atoms with van der Waals surface area (Å²) in [7, 11) is 4.35. The fourth-order valence-electron chi connectivity index (χ4n) is 2.01. The van der Waals surface area contributed by atoms with E-state index < -0.39 is 0 Å². The number of hydrogen-bond acceptors (Lipinski definition) is 3. The van der Waals surface area contributed by atoms with Crippen LogP contribution in [0.3, 0.4) is 0 Å². The lowest BCUT2D eigenvalue weighted by Gasteiger charge is -2.36. The summed E-state index contributed by atoms with van der Waals surface area (Å²) in [5, 5.41) is 6.47. The van der Waals surface area contributed by atoms with E-state index in [1.165, 1.54) is 0 Å². The quantitative estimate of drug-likeness (QED) is 0.410. The van der Waals surface area contributed by atoms with E-state index in [4.69, 9.17) is 0 Å². The summed E-state index contributed by atoms with van der Waals surface area (Å²) in [6, 6.07) is 0.503. The molecule has 1 heterocycles. The van der Waals surface area contributed by atoms with Crippen LogP contribution in [0.1, 0.15) is 6.92 Å². The fraction of sp³-hybridized carbons (Fsp3) is 0.769. The van der Waals surface area contributed by atoms with Crippen LogP contribution in [-0.4, -0.2) is 75.2 Å². The molecular formula is C13H27N5. The first-order chi connectivity index (χ1) is 8.67. The van der Waals surface area contributed by atoms with Crippen molar-refractivity contribution in [1.82, 2.24) is 20.4 Å². The minimum absolute atomic E-state index is 0.503. The molecule has 2 N–H and O–H groups in total. The van der Waals surface area contributed by atoms with Gasteiger partial charge in [-0.25, -0.2) is 0 Å². The van der Waals surface area contributed by atoms with Crippen molar-refractivity contribution >= 4 is 5.96 Å². The van der Waals surface area contributed by atoms with Crippen molar-refractivity contribution in [3.8, 4) is 0 Å². The molecule has 0 aromatic carbocycles. The zero-order valence-electron chi connectivity index (χ0n) is 11.9. The summed E-state index contributed by atoms with van der Waals surface area (Å²) in [5.74, 6) is 0.874. The molecule has 1 rings (SSSR count). The van der Waals surface area contributed by atoms with E-state index in [2.05, 4.69) is 53.0 Å². The molecule has 0 amide bonds. The van der Waals surface area contributed by atoms with Crippen LogP contribution >= 0.6 is 0 Å². The molecule has 0 aromatic rings. The largest absolute Gasteiger partial charge is 0.357 e. The average Bonchev–Trinajstić information content (AvgIpc) is 2.36. The minimum atomic E-state index is 0.503. The maximum absolute atomic E-state index is 4.64. The molecule has 0 saturated carbocycles. The predicted octanol–water partition coefficient (Wildman–Crippen LogP) is -0.0267. The second-order valence-electron chi connectivity index (χ2n) is 4.79. The lowest BCUT2D eigenvalue weighted by molar-refractivity contribution is 0.119. The molecule has 18 heavy (non-hydrogen) atoms. The highest BCUT2D eigenvalue weighted by atomic mass is 15.3. The first-order valence-electron chi connectivity index (χ1n) is 6.69. The Morgan fingerprint density at radius 1 is 1.39 bits per heavy atom. The molecule has 1 aliphatic rings. The van der Waals surface area contributed by atoms with E-state index in [-0.39, 0.29) is 0 Å². The number of rotatable bonds is 5. The molecule has 5 nitrogen and oxygen atoms in total. The molecule has 1 atom stereocenters. The third-order valence-electron chi connectivity index (χ3n) is 3.20. The number of nitrogens with one attached hydrogen (secondary N) is 2. The lowest BCUT2D eigenvalue weighted by atomic mass is 10.2. The van der Waals surface area contributed by atoms with Gasteiger partial charge in [-0.2, -0.15) is 0 Å². The summed E-state index contributed by atoms with van der Waals surface area (Å²) in [5.41, 5.74) is 0. The summed E-state index contributed by atoms with van der Waals surface area (Å²) >= 11 is 0. The van der Waals surface area contributed by atoms with Crippen LogP contribution in [0.5, 0.6) is 0 Å². The van der Waals surface area contributed by atoms with Gasteiger partial charge in [0.1, 0.15) is 0 Å². The summed E-state index contributed by atoms with van der Waals surface area (Å²) in [6.45, 7) is 11.6. The van der Waals surface area contributed by atoms with E-state index in [1.807, 2.05) is 6.08 Å². The van der Waals surface area contributed by atoms with Crippen molar-refractivity contribution in [2.75, 3.05) is 53.4 Å². The third-order valence-corrected chi connectivity index (χ3v) is 3.20. The van der Waals surface area contributed by atoms with Crippen molar-refractivity contribution in [3.63, 3.8) is 0 Å². The molecular weight excluding hydrogens is 226 g/mol. The van der Waals surface area contributed by atoms with Crippen LogP contribution in [0.2, 0.25) is 0 Å². The van der Waals surface area contributed by atoms with E-state index >= 15 is 0 Å². The Labute approximate surface area is 111 Å². The van der Waals surface area contributed by atoms with Crippen LogP contribution in [-0.2, 0) is 0 Å². The first kappa shape index (κ1) is 15.0. The Morgan fingerprint density at radius 3 is 2.83 bits per heavy atom. The smallest absolute Gasteiger partial charge is 0.191 e. The van der Waals surface area contributed by atoms with Gasteiger partial charge in [0.25, 0.3) is 0 Å². The second-order valence-corrected chi connectivity index (χ2v) is 4.79. The molecule has 1 unspecified atom stereocenters. The van der Waals surface area contributed by atoms with Crippen LogP contribution in [0, 0.1) is 0 Å². The third kappa shape index (κ3) is 5.06. The fourth-order valence-corrected chi connectivity index (χ4v) is 2.01. The van der Waals surface area contributed by atoms with Gasteiger partial charge in [0.2, 0.25) is 0 Å². The summed E-state index contributed by atoms with van der Waals surface area (Å²) in [4.78, 5) is 9.39. The number of guanidine groups is 1. The van der Waals surface area contributed by atoms with E-state index in [0.717, 1.165) is 45.2 Å². The Balaban J connectivity index is 2.48. The zero-order chi connectivity index (χ0) is 13.4. The van der Waals surface area contributed by atoms with Crippen molar-refractivity contribution in [2.45, 2.75) is 13.0 Å². The number of likely N-dealkylation sites (N-methyl/N-ethyl adjacent to an activating group) is 2. The SMILES string of the molecule is C=CCNC(=NCC1CN(C)CCN1C)NCC. The normalized spacial score (nSPS) is 22.8. The van der Waals surface area contributed by atoms with Crippen molar-refractivity contribution in [3.05, 3.63) is 12.7 Å². The zero-order valence-corrected chi connectivity index (χ0v) is 11.9. The maximum atomic E-state index is 4.64. The standard InChI is InChI=1S/C13H27N5/c1-5-7-15-13(14-6-2)16-10-12-11-17(3)8-9-18(12)4/h5,12H,1,6-11H2,2-4H3,(H2,14,15,16). The summed E-state index contributed by atoms with van der Waals surface area (Å²) < 4.78 is 0. The van der Waals surface area contributed by atoms with Crippen LogP contribution in [0.4, 0.5) is 0 Å². The molecule has 1 aliphatic heterocycles. The molecule has 0 radical (unpaired) electrons. The minimum Gasteiger partial charge on any atom is -0.357 e. The molecule has 0 bridgehead atoms. The average molecular weight is 253 g/mol. The Kier molecular flexibility index (Phi) is 6.75.